The van der Waals surface area contributed by atoms with Gasteiger partial charge in [-0.05, 0) is 36.4 Å². The first-order chi connectivity index (χ1) is 13.1. The van der Waals surface area contributed by atoms with E-state index in [2.05, 4.69) is 39.1 Å². The van der Waals surface area contributed by atoms with Crippen molar-refractivity contribution in [2.75, 3.05) is 19.6 Å². The fourth-order valence-corrected chi connectivity index (χ4v) is 4.80. The standard InChI is InChI=1S/C19H28N6OS/c1-14(2)19-17(27-22-20-19)13-23-9-10-25-16(12-23)11-15(21-25)5-6-18(26)24-7-3-4-8-24/h11,14H,3-10,12-13H2,1-2H3. The summed E-state index contributed by atoms with van der Waals surface area (Å²) in [6.07, 6.45) is 3.61. The predicted molar refractivity (Wildman–Crippen MR) is 104 cm³/mol. The number of rotatable bonds is 6. The first-order valence-corrected chi connectivity index (χ1v) is 10.7. The van der Waals surface area contributed by atoms with Gasteiger partial charge in [-0.3, -0.25) is 14.4 Å². The summed E-state index contributed by atoms with van der Waals surface area (Å²) in [5, 5.41) is 9.02. The average Bonchev–Trinajstić information content (AvgIpc) is 3.39. The summed E-state index contributed by atoms with van der Waals surface area (Å²) in [4.78, 5) is 18.0. The second kappa shape index (κ2) is 8.06. The van der Waals surface area contributed by atoms with Crippen LogP contribution in [0.25, 0.3) is 0 Å². The molecule has 146 valence electrons. The van der Waals surface area contributed by atoms with E-state index in [0.717, 1.165) is 69.9 Å². The zero-order valence-corrected chi connectivity index (χ0v) is 17.0. The molecule has 0 radical (unpaired) electrons. The fraction of sp³-hybridized carbons (Fsp3) is 0.684. The predicted octanol–water partition coefficient (Wildman–Crippen LogP) is 2.43. The molecular weight excluding hydrogens is 360 g/mol. The van der Waals surface area contributed by atoms with Crippen molar-refractivity contribution in [3.05, 3.63) is 28.0 Å². The number of likely N-dealkylation sites (tertiary alicyclic amines) is 1. The highest BCUT2D eigenvalue weighted by atomic mass is 32.1. The molecule has 0 bridgehead atoms. The lowest BCUT2D eigenvalue weighted by atomic mass is 10.1. The van der Waals surface area contributed by atoms with Crippen LogP contribution in [-0.2, 0) is 30.8 Å². The monoisotopic (exact) mass is 388 g/mol. The smallest absolute Gasteiger partial charge is 0.222 e. The number of nitrogens with zero attached hydrogens (tertiary/aromatic N) is 6. The van der Waals surface area contributed by atoms with Crippen LogP contribution in [0.15, 0.2) is 6.07 Å². The van der Waals surface area contributed by atoms with Gasteiger partial charge in [-0.25, -0.2) is 0 Å². The van der Waals surface area contributed by atoms with E-state index in [-0.39, 0.29) is 5.91 Å². The molecule has 0 saturated carbocycles. The third kappa shape index (κ3) is 4.21. The minimum atomic E-state index is 0.277. The van der Waals surface area contributed by atoms with Crippen molar-refractivity contribution >= 4 is 17.4 Å². The summed E-state index contributed by atoms with van der Waals surface area (Å²) < 4.78 is 6.25. The number of hydrogen-bond acceptors (Lipinski definition) is 6. The number of carbonyl (C=O) groups excluding carboxylic acids is 1. The van der Waals surface area contributed by atoms with Crippen molar-refractivity contribution < 1.29 is 4.79 Å². The minimum Gasteiger partial charge on any atom is -0.343 e. The summed E-state index contributed by atoms with van der Waals surface area (Å²) in [6.45, 7) is 9.87. The average molecular weight is 389 g/mol. The minimum absolute atomic E-state index is 0.277. The van der Waals surface area contributed by atoms with E-state index in [4.69, 9.17) is 5.10 Å². The van der Waals surface area contributed by atoms with Gasteiger partial charge in [0.1, 0.15) is 0 Å². The van der Waals surface area contributed by atoms with Crippen LogP contribution in [0.1, 0.15) is 61.0 Å². The van der Waals surface area contributed by atoms with E-state index in [1.807, 2.05) is 4.90 Å². The molecule has 0 aromatic carbocycles. The number of aromatic nitrogens is 4. The molecule has 0 spiro atoms. The molecule has 1 amide bonds. The second-order valence-corrected chi connectivity index (χ2v) is 8.72. The van der Waals surface area contributed by atoms with Crippen LogP contribution in [0, 0.1) is 0 Å². The lowest BCUT2D eigenvalue weighted by molar-refractivity contribution is -0.130. The molecule has 2 aliphatic rings. The number of fused-ring (bicyclic) bond motifs is 1. The van der Waals surface area contributed by atoms with Crippen molar-refractivity contribution in [1.82, 2.24) is 29.2 Å². The number of aryl methyl sites for hydroxylation is 1. The van der Waals surface area contributed by atoms with Crippen LogP contribution in [0.4, 0.5) is 0 Å². The first-order valence-electron chi connectivity index (χ1n) is 9.97. The van der Waals surface area contributed by atoms with E-state index < -0.39 is 0 Å². The second-order valence-electron chi connectivity index (χ2n) is 7.88. The van der Waals surface area contributed by atoms with Crippen LogP contribution < -0.4 is 0 Å². The summed E-state index contributed by atoms with van der Waals surface area (Å²) in [7, 11) is 0. The third-order valence-electron chi connectivity index (χ3n) is 5.48. The molecule has 2 aromatic heterocycles. The number of hydrogen-bond donors (Lipinski definition) is 0. The van der Waals surface area contributed by atoms with Gasteiger partial charge in [-0.15, -0.1) is 5.10 Å². The summed E-state index contributed by atoms with van der Waals surface area (Å²) in [5.41, 5.74) is 3.41. The van der Waals surface area contributed by atoms with Crippen LogP contribution in [0.2, 0.25) is 0 Å². The molecule has 0 atom stereocenters. The van der Waals surface area contributed by atoms with Crippen LogP contribution in [-0.4, -0.2) is 54.7 Å². The first kappa shape index (κ1) is 18.6. The molecule has 7 nitrogen and oxygen atoms in total. The van der Waals surface area contributed by atoms with Crippen LogP contribution in [0.5, 0.6) is 0 Å². The molecule has 0 unspecified atom stereocenters. The van der Waals surface area contributed by atoms with Gasteiger partial charge in [0, 0.05) is 45.6 Å². The molecule has 0 N–H and O–H groups in total. The molecule has 4 rings (SSSR count). The fourth-order valence-electron chi connectivity index (χ4n) is 3.96. The summed E-state index contributed by atoms with van der Waals surface area (Å²) in [5.74, 6) is 0.688. The van der Waals surface area contributed by atoms with E-state index in [9.17, 15) is 4.79 Å². The van der Waals surface area contributed by atoms with Gasteiger partial charge in [-0.1, -0.05) is 18.3 Å². The topological polar surface area (TPSA) is 67.2 Å². The lowest BCUT2D eigenvalue weighted by Crippen LogP contribution is -2.33. The molecule has 1 saturated heterocycles. The van der Waals surface area contributed by atoms with Gasteiger partial charge >= 0.3 is 0 Å². The quantitative estimate of drug-likeness (QED) is 0.760. The Labute approximate surface area is 164 Å². The van der Waals surface area contributed by atoms with Gasteiger partial charge in [0.05, 0.1) is 28.5 Å². The van der Waals surface area contributed by atoms with Crippen molar-refractivity contribution in [3.63, 3.8) is 0 Å². The van der Waals surface area contributed by atoms with Crippen LogP contribution >= 0.6 is 11.5 Å². The molecule has 0 aliphatic carbocycles. The van der Waals surface area contributed by atoms with Gasteiger partial charge in [-0.2, -0.15) is 5.10 Å². The number of amides is 1. The number of carbonyl (C=O) groups is 1. The van der Waals surface area contributed by atoms with E-state index in [0.29, 0.717) is 12.3 Å². The highest BCUT2D eigenvalue weighted by molar-refractivity contribution is 7.05. The van der Waals surface area contributed by atoms with Crippen molar-refractivity contribution in [3.8, 4) is 0 Å². The maximum atomic E-state index is 12.3. The highest BCUT2D eigenvalue weighted by Gasteiger charge is 2.22. The molecule has 1 fully saturated rings. The molecule has 8 heteroatoms. The molecule has 2 aliphatic heterocycles. The molecule has 2 aromatic rings. The highest BCUT2D eigenvalue weighted by Crippen LogP contribution is 2.24. The largest absolute Gasteiger partial charge is 0.343 e. The van der Waals surface area contributed by atoms with E-state index >= 15 is 0 Å². The Kier molecular flexibility index (Phi) is 5.54. The Morgan fingerprint density at radius 1 is 1.22 bits per heavy atom. The van der Waals surface area contributed by atoms with Crippen molar-refractivity contribution in [2.24, 2.45) is 0 Å². The Morgan fingerprint density at radius 2 is 2.04 bits per heavy atom. The third-order valence-corrected chi connectivity index (χ3v) is 6.20. The van der Waals surface area contributed by atoms with Crippen LogP contribution in [0.3, 0.4) is 0 Å². The molecular formula is C19H28N6OS. The lowest BCUT2D eigenvalue weighted by Gasteiger charge is -2.27. The zero-order chi connectivity index (χ0) is 18.8. The van der Waals surface area contributed by atoms with Gasteiger partial charge in [0.25, 0.3) is 0 Å². The molecule has 4 heterocycles. The van der Waals surface area contributed by atoms with Gasteiger partial charge in [0.15, 0.2) is 0 Å². The SMILES string of the molecule is CC(C)c1nnsc1CN1CCn2nc(CCC(=O)N3CCCC3)cc2C1. The Balaban J connectivity index is 1.34. The zero-order valence-electron chi connectivity index (χ0n) is 16.2. The Morgan fingerprint density at radius 3 is 2.81 bits per heavy atom. The Bertz CT molecular complexity index is 792. The summed E-state index contributed by atoms with van der Waals surface area (Å²) in [6, 6.07) is 2.18. The van der Waals surface area contributed by atoms with Crippen molar-refractivity contribution in [2.45, 2.75) is 65.1 Å². The molecule has 27 heavy (non-hydrogen) atoms. The Hall–Kier alpha value is -1.80. The summed E-state index contributed by atoms with van der Waals surface area (Å²) >= 11 is 1.51. The van der Waals surface area contributed by atoms with Crippen molar-refractivity contribution in [1.29, 1.82) is 0 Å². The normalized spacial score (nSPS) is 17.7. The maximum absolute atomic E-state index is 12.3. The van der Waals surface area contributed by atoms with Gasteiger partial charge in [0.2, 0.25) is 5.91 Å². The van der Waals surface area contributed by atoms with Gasteiger partial charge < -0.3 is 4.90 Å². The maximum Gasteiger partial charge on any atom is 0.222 e. The van der Waals surface area contributed by atoms with E-state index in [1.54, 1.807) is 0 Å². The van der Waals surface area contributed by atoms with E-state index in [1.165, 1.54) is 22.1 Å².